The smallest absolute Gasteiger partial charge is 0.161 e. The molecule has 2 heterocycles. The van der Waals surface area contributed by atoms with Gasteiger partial charge in [0.15, 0.2) is 5.82 Å². The molecule has 0 aliphatic rings. The number of hydrogen-bond donors (Lipinski definition) is 1. The summed E-state index contributed by atoms with van der Waals surface area (Å²) < 4.78 is 0. The predicted molar refractivity (Wildman–Crippen MR) is 77.7 cm³/mol. The van der Waals surface area contributed by atoms with E-state index in [2.05, 4.69) is 28.8 Å². The summed E-state index contributed by atoms with van der Waals surface area (Å²) >= 11 is 0. The molecular formula is C15H20N4. The summed E-state index contributed by atoms with van der Waals surface area (Å²) in [5.41, 5.74) is 9.78. The number of aromatic nitrogens is 3. The number of anilines is 1. The van der Waals surface area contributed by atoms with E-state index in [0.717, 1.165) is 29.1 Å². The zero-order chi connectivity index (χ0) is 14.0. The molecule has 0 radical (unpaired) electrons. The standard InChI is InChI=1S/C15H20N4/c1-9(2)5-13-8-14(16)19-15(18-13)12-6-10(3)17-11(4)7-12/h6-9H,5H2,1-4H3,(H2,16,18,19). The Labute approximate surface area is 114 Å². The number of nitrogen functional groups attached to an aromatic ring is 1. The van der Waals surface area contributed by atoms with Gasteiger partial charge in [-0.3, -0.25) is 4.98 Å². The maximum atomic E-state index is 5.88. The van der Waals surface area contributed by atoms with Crippen LogP contribution in [-0.4, -0.2) is 15.0 Å². The minimum atomic E-state index is 0.521. The lowest BCUT2D eigenvalue weighted by molar-refractivity contribution is 0.635. The fourth-order valence-electron chi connectivity index (χ4n) is 2.13. The molecule has 4 nitrogen and oxygen atoms in total. The average Bonchev–Trinajstić information content (AvgIpc) is 2.25. The van der Waals surface area contributed by atoms with Crippen LogP contribution in [0, 0.1) is 19.8 Å². The van der Waals surface area contributed by atoms with Crippen LogP contribution in [0.15, 0.2) is 18.2 Å². The molecule has 0 aromatic carbocycles. The van der Waals surface area contributed by atoms with Gasteiger partial charge in [0.05, 0.1) is 0 Å². The molecule has 4 heteroatoms. The van der Waals surface area contributed by atoms with E-state index in [1.807, 2.05) is 32.0 Å². The summed E-state index contributed by atoms with van der Waals surface area (Å²) in [6.07, 6.45) is 0.906. The first kappa shape index (κ1) is 13.5. The molecule has 2 aromatic heterocycles. The highest BCUT2D eigenvalue weighted by Gasteiger charge is 2.08. The van der Waals surface area contributed by atoms with E-state index in [0.29, 0.717) is 17.6 Å². The van der Waals surface area contributed by atoms with Crippen molar-refractivity contribution in [3.63, 3.8) is 0 Å². The number of aryl methyl sites for hydroxylation is 2. The van der Waals surface area contributed by atoms with E-state index < -0.39 is 0 Å². The van der Waals surface area contributed by atoms with E-state index >= 15 is 0 Å². The molecule has 0 saturated carbocycles. The van der Waals surface area contributed by atoms with Crippen molar-refractivity contribution < 1.29 is 0 Å². The normalized spacial score (nSPS) is 11.0. The highest BCUT2D eigenvalue weighted by atomic mass is 14.9. The van der Waals surface area contributed by atoms with Crippen LogP contribution in [0.3, 0.4) is 0 Å². The third kappa shape index (κ3) is 3.50. The molecule has 19 heavy (non-hydrogen) atoms. The lowest BCUT2D eigenvalue weighted by Gasteiger charge is -2.09. The monoisotopic (exact) mass is 256 g/mol. The molecule has 2 aromatic rings. The Bertz CT molecular complexity index is 570. The number of pyridine rings is 1. The van der Waals surface area contributed by atoms with Crippen molar-refractivity contribution in [2.75, 3.05) is 5.73 Å². The average molecular weight is 256 g/mol. The summed E-state index contributed by atoms with van der Waals surface area (Å²) in [6, 6.07) is 5.83. The Hall–Kier alpha value is -1.97. The molecule has 0 bridgehead atoms. The summed E-state index contributed by atoms with van der Waals surface area (Å²) in [7, 11) is 0. The summed E-state index contributed by atoms with van der Waals surface area (Å²) in [4.78, 5) is 13.3. The second-order valence-corrected chi connectivity index (χ2v) is 5.34. The van der Waals surface area contributed by atoms with Gasteiger partial charge in [-0.1, -0.05) is 13.8 Å². The van der Waals surface area contributed by atoms with Crippen molar-refractivity contribution in [3.8, 4) is 11.4 Å². The second-order valence-electron chi connectivity index (χ2n) is 5.34. The third-order valence-corrected chi connectivity index (χ3v) is 2.76. The van der Waals surface area contributed by atoms with Crippen LogP contribution in [-0.2, 0) is 6.42 Å². The van der Waals surface area contributed by atoms with Crippen LogP contribution in [0.4, 0.5) is 5.82 Å². The van der Waals surface area contributed by atoms with Gasteiger partial charge < -0.3 is 5.73 Å². The summed E-state index contributed by atoms with van der Waals surface area (Å²) in [5.74, 6) is 1.75. The molecule has 0 aliphatic carbocycles. The van der Waals surface area contributed by atoms with Crippen LogP contribution in [0.5, 0.6) is 0 Å². The molecule has 0 fully saturated rings. The number of nitrogens with zero attached hydrogens (tertiary/aromatic N) is 3. The summed E-state index contributed by atoms with van der Waals surface area (Å²) in [5, 5.41) is 0. The fourth-order valence-corrected chi connectivity index (χ4v) is 2.13. The van der Waals surface area contributed by atoms with E-state index in [1.165, 1.54) is 0 Å². The fraction of sp³-hybridized carbons (Fsp3) is 0.400. The molecule has 0 spiro atoms. The maximum absolute atomic E-state index is 5.88. The predicted octanol–water partition coefficient (Wildman–Crippen LogP) is 2.94. The Morgan fingerprint density at radius 1 is 1.00 bits per heavy atom. The SMILES string of the molecule is Cc1cc(-c2nc(N)cc(CC(C)C)n2)cc(C)n1. The van der Waals surface area contributed by atoms with Gasteiger partial charge in [0.1, 0.15) is 5.82 Å². The van der Waals surface area contributed by atoms with Crippen molar-refractivity contribution in [2.24, 2.45) is 5.92 Å². The highest BCUT2D eigenvalue weighted by Crippen LogP contribution is 2.19. The van der Waals surface area contributed by atoms with E-state index in [4.69, 9.17) is 5.73 Å². The second kappa shape index (κ2) is 5.34. The largest absolute Gasteiger partial charge is 0.384 e. The topological polar surface area (TPSA) is 64.7 Å². The zero-order valence-electron chi connectivity index (χ0n) is 11.9. The molecule has 0 saturated heterocycles. The third-order valence-electron chi connectivity index (χ3n) is 2.76. The van der Waals surface area contributed by atoms with Gasteiger partial charge in [0.25, 0.3) is 0 Å². The van der Waals surface area contributed by atoms with Gasteiger partial charge in [-0.2, -0.15) is 0 Å². The van der Waals surface area contributed by atoms with Crippen molar-refractivity contribution in [3.05, 3.63) is 35.3 Å². The number of nitrogens with two attached hydrogens (primary N) is 1. The first-order chi connectivity index (χ1) is 8.94. The van der Waals surface area contributed by atoms with E-state index in [1.54, 1.807) is 0 Å². The Morgan fingerprint density at radius 3 is 2.21 bits per heavy atom. The quantitative estimate of drug-likeness (QED) is 0.917. The van der Waals surface area contributed by atoms with Gasteiger partial charge in [0.2, 0.25) is 0 Å². The first-order valence-corrected chi connectivity index (χ1v) is 6.53. The van der Waals surface area contributed by atoms with Gasteiger partial charge in [-0.25, -0.2) is 9.97 Å². The molecule has 0 unspecified atom stereocenters. The van der Waals surface area contributed by atoms with Crippen molar-refractivity contribution in [1.29, 1.82) is 0 Å². The van der Waals surface area contributed by atoms with Crippen LogP contribution >= 0.6 is 0 Å². The van der Waals surface area contributed by atoms with Crippen LogP contribution < -0.4 is 5.73 Å². The highest BCUT2D eigenvalue weighted by molar-refractivity contribution is 5.58. The van der Waals surface area contributed by atoms with Crippen LogP contribution in [0.2, 0.25) is 0 Å². The number of hydrogen-bond acceptors (Lipinski definition) is 4. The molecule has 100 valence electrons. The molecule has 0 amide bonds. The zero-order valence-corrected chi connectivity index (χ0v) is 11.9. The van der Waals surface area contributed by atoms with Gasteiger partial charge in [0, 0.05) is 28.7 Å². The maximum Gasteiger partial charge on any atom is 0.161 e. The van der Waals surface area contributed by atoms with Crippen LogP contribution in [0.1, 0.15) is 30.9 Å². The molecular weight excluding hydrogens is 236 g/mol. The molecule has 0 atom stereocenters. The molecule has 2 N–H and O–H groups in total. The van der Waals surface area contributed by atoms with E-state index in [9.17, 15) is 0 Å². The van der Waals surface area contributed by atoms with Crippen molar-refractivity contribution >= 4 is 5.82 Å². The first-order valence-electron chi connectivity index (χ1n) is 6.53. The number of rotatable bonds is 3. The van der Waals surface area contributed by atoms with Gasteiger partial charge >= 0.3 is 0 Å². The Balaban J connectivity index is 2.46. The van der Waals surface area contributed by atoms with Crippen LogP contribution in [0.25, 0.3) is 11.4 Å². The lowest BCUT2D eigenvalue weighted by atomic mass is 10.1. The van der Waals surface area contributed by atoms with Gasteiger partial charge in [-0.15, -0.1) is 0 Å². The van der Waals surface area contributed by atoms with E-state index in [-0.39, 0.29) is 0 Å². The minimum Gasteiger partial charge on any atom is -0.384 e. The molecule has 2 rings (SSSR count). The van der Waals surface area contributed by atoms with Crippen molar-refractivity contribution in [2.45, 2.75) is 34.1 Å². The minimum absolute atomic E-state index is 0.521. The Morgan fingerprint density at radius 2 is 1.63 bits per heavy atom. The Kier molecular flexibility index (Phi) is 3.79. The molecule has 0 aliphatic heterocycles. The van der Waals surface area contributed by atoms with Crippen molar-refractivity contribution in [1.82, 2.24) is 15.0 Å². The van der Waals surface area contributed by atoms with Gasteiger partial charge in [-0.05, 0) is 38.3 Å². The summed E-state index contributed by atoms with van der Waals surface area (Å²) in [6.45, 7) is 8.27. The lowest BCUT2D eigenvalue weighted by Crippen LogP contribution is -2.04.